The molecule has 0 aromatic heterocycles. The predicted octanol–water partition coefficient (Wildman–Crippen LogP) is -3.81. The van der Waals surface area contributed by atoms with Gasteiger partial charge in [0.15, 0.2) is 0 Å². The monoisotopic (exact) mass is 598 g/mol. The molecule has 0 aromatic rings. The first-order valence-electron chi connectivity index (χ1n) is 14.0. The van der Waals surface area contributed by atoms with Crippen molar-refractivity contribution in [2.45, 2.75) is 84.1 Å². The van der Waals surface area contributed by atoms with Crippen LogP contribution in [0.5, 0.6) is 0 Å². The van der Waals surface area contributed by atoms with Gasteiger partial charge in [-0.3, -0.25) is 33.6 Å². The van der Waals surface area contributed by atoms with Crippen LogP contribution in [0.3, 0.4) is 0 Å². The van der Waals surface area contributed by atoms with Crippen molar-refractivity contribution in [3.8, 4) is 0 Å². The molecule has 0 bridgehead atoms. The molecule has 7 amide bonds. The summed E-state index contributed by atoms with van der Waals surface area (Å²) in [6.45, 7) is 7.38. The maximum absolute atomic E-state index is 12.8. The SMILES string of the molecule is CC(C)CC(NC(=O)C(NC(=O)CNC(=O)C(C)NC(=O)C1CCCN1C(=O)CNC(=O)C(N)CO)C(C)C)C(N)=O. The summed E-state index contributed by atoms with van der Waals surface area (Å²) in [5.74, 6) is -4.65. The molecule has 1 fully saturated rings. The van der Waals surface area contributed by atoms with Gasteiger partial charge in [0.25, 0.3) is 0 Å². The molecule has 1 rings (SSSR count). The highest BCUT2D eigenvalue weighted by Gasteiger charge is 2.35. The van der Waals surface area contributed by atoms with Crippen LogP contribution >= 0.6 is 0 Å². The molecule has 1 aliphatic rings. The highest BCUT2D eigenvalue weighted by atomic mass is 16.3. The zero-order valence-corrected chi connectivity index (χ0v) is 24.9. The third-order valence-electron chi connectivity index (χ3n) is 6.63. The lowest BCUT2D eigenvalue weighted by Crippen LogP contribution is -2.57. The summed E-state index contributed by atoms with van der Waals surface area (Å²) >= 11 is 0. The van der Waals surface area contributed by atoms with E-state index in [0.717, 1.165) is 0 Å². The largest absolute Gasteiger partial charge is 0.394 e. The number of primary amides is 1. The van der Waals surface area contributed by atoms with Crippen molar-refractivity contribution in [1.29, 1.82) is 0 Å². The fourth-order valence-electron chi connectivity index (χ4n) is 4.25. The highest BCUT2D eigenvalue weighted by molar-refractivity contribution is 5.95. The lowest BCUT2D eigenvalue weighted by atomic mass is 10.00. The molecule has 1 heterocycles. The summed E-state index contributed by atoms with van der Waals surface area (Å²) < 4.78 is 0. The van der Waals surface area contributed by atoms with Gasteiger partial charge in [0.1, 0.15) is 30.2 Å². The van der Waals surface area contributed by atoms with Gasteiger partial charge in [0.2, 0.25) is 41.4 Å². The predicted molar refractivity (Wildman–Crippen MR) is 151 cm³/mol. The van der Waals surface area contributed by atoms with Crippen molar-refractivity contribution in [3.05, 3.63) is 0 Å². The standard InChI is InChI=1S/C26H46N8O8/c1-13(2)9-17(22(28)38)32-26(42)21(14(3)4)33-19(36)10-29-23(39)15(5)31-25(41)18-7-6-8-34(18)20(37)11-30-24(40)16(27)12-35/h13-18,21,35H,6-12,27H2,1-5H3,(H2,28,38)(H,29,39)(H,30,40)(H,31,41)(H,32,42)(H,33,36). The van der Waals surface area contributed by atoms with Crippen LogP contribution in [0.2, 0.25) is 0 Å². The first-order chi connectivity index (χ1) is 19.6. The number of carbonyl (C=O) groups excluding carboxylic acids is 7. The fraction of sp³-hybridized carbons (Fsp3) is 0.731. The normalized spacial score (nSPS) is 17.5. The van der Waals surface area contributed by atoms with Gasteiger partial charge in [-0.25, -0.2) is 0 Å². The van der Waals surface area contributed by atoms with Gasteiger partial charge in [-0.05, 0) is 38.0 Å². The number of hydrogen-bond acceptors (Lipinski definition) is 9. The van der Waals surface area contributed by atoms with Crippen molar-refractivity contribution in [1.82, 2.24) is 31.5 Å². The van der Waals surface area contributed by atoms with Crippen LogP contribution in [0.1, 0.15) is 53.9 Å². The molecule has 1 saturated heterocycles. The Morgan fingerprint density at radius 3 is 2.05 bits per heavy atom. The number of aliphatic hydroxyl groups is 1. The van der Waals surface area contributed by atoms with Gasteiger partial charge in [-0.15, -0.1) is 0 Å². The van der Waals surface area contributed by atoms with Gasteiger partial charge in [-0.2, -0.15) is 0 Å². The number of aliphatic hydroxyl groups excluding tert-OH is 1. The first-order valence-corrected chi connectivity index (χ1v) is 14.0. The lowest BCUT2D eigenvalue weighted by molar-refractivity contribution is -0.139. The molecule has 0 aliphatic carbocycles. The van der Waals surface area contributed by atoms with Crippen LogP contribution < -0.4 is 38.1 Å². The second-order valence-corrected chi connectivity index (χ2v) is 11.1. The van der Waals surface area contributed by atoms with E-state index in [0.29, 0.717) is 19.3 Å². The van der Waals surface area contributed by atoms with Crippen LogP contribution in [0.4, 0.5) is 0 Å². The summed E-state index contributed by atoms with van der Waals surface area (Å²) in [4.78, 5) is 88.0. The molecule has 0 radical (unpaired) electrons. The number of nitrogens with two attached hydrogens (primary N) is 2. The van der Waals surface area contributed by atoms with Crippen molar-refractivity contribution >= 4 is 41.4 Å². The number of rotatable bonds is 16. The van der Waals surface area contributed by atoms with E-state index < -0.39 is 91.3 Å². The van der Waals surface area contributed by atoms with Crippen molar-refractivity contribution in [3.63, 3.8) is 0 Å². The fourth-order valence-corrected chi connectivity index (χ4v) is 4.25. The van der Waals surface area contributed by atoms with E-state index in [1.165, 1.54) is 11.8 Å². The average Bonchev–Trinajstić information content (AvgIpc) is 3.42. The minimum absolute atomic E-state index is 0.0920. The molecule has 42 heavy (non-hydrogen) atoms. The van der Waals surface area contributed by atoms with E-state index in [4.69, 9.17) is 16.6 Å². The summed E-state index contributed by atoms with van der Waals surface area (Å²) in [7, 11) is 0. The minimum Gasteiger partial charge on any atom is -0.394 e. The first kappa shape index (κ1) is 36.2. The number of hydrogen-bond donors (Lipinski definition) is 8. The molecular formula is C26H46N8O8. The third kappa shape index (κ3) is 11.6. The second-order valence-electron chi connectivity index (χ2n) is 11.1. The van der Waals surface area contributed by atoms with Gasteiger partial charge >= 0.3 is 0 Å². The van der Waals surface area contributed by atoms with Crippen molar-refractivity contribution in [2.75, 3.05) is 26.2 Å². The van der Waals surface area contributed by atoms with E-state index >= 15 is 0 Å². The molecule has 10 N–H and O–H groups in total. The summed E-state index contributed by atoms with van der Waals surface area (Å²) in [5, 5.41) is 21.3. The summed E-state index contributed by atoms with van der Waals surface area (Å²) in [5.41, 5.74) is 10.8. The zero-order valence-electron chi connectivity index (χ0n) is 24.9. The number of nitrogens with zero attached hydrogens (tertiary/aromatic N) is 1. The third-order valence-corrected chi connectivity index (χ3v) is 6.63. The van der Waals surface area contributed by atoms with Crippen LogP contribution in [-0.2, 0) is 33.6 Å². The summed E-state index contributed by atoms with van der Waals surface area (Å²) in [6.07, 6.45) is 1.23. The van der Waals surface area contributed by atoms with E-state index in [9.17, 15) is 33.6 Å². The van der Waals surface area contributed by atoms with Crippen LogP contribution in [0, 0.1) is 11.8 Å². The lowest BCUT2D eigenvalue weighted by Gasteiger charge is -2.26. The van der Waals surface area contributed by atoms with E-state index in [-0.39, 0.29) is 18.4 Å². The quantitative estimate of drug-likeness (QED) is 0.0865. The molecule has 16 heteroatoms. The van der Waals surface area contributed by atoms with Crippen molar-refractivity contribution < 1.29 is 38.7 Å². The zero-order chi connectivity index (χ0) is 32.1. The molecule has 0 aromatic carbocycles. The Morgan fingerprint density at radius 2 is 1.50 bits per heavy atom. The van der Waals surface area contributed by atoms with Gasteiger partial charge < -0.3 is 48.1 Å². The average molecular weight is 599 g/mol. The highest BCUT2D eigenvalue weighted by Crippen LogP contribution is 2.17. The molecule has 0 saturated carbocycles. The molecule has 1 aliphatic heterocycles. The minimum atomic E-state index is -1.17. The molecule has 238 valence electrons. The molecule has 5 unspecified atom stereocenters. The molecule has 5 atom stereocenters. The Bertz CT molecular complexity index is 1000. The Balaban J connectivity index is 2.63. The topological polar surface area (TPSA) is 255 Å². The molecular weight excluding hydrogens is 552 g/mol. The summed E-state index contributed by atoms with van der Waals surface area (Å²) in [6, 6.07) is -4.97. The Labute approximate surface area is 245 Å². The van der Waals surface area contributed by atoms with Gasteiger partial charge in [0.05, 0.1) is 19.7 Å². The Kier molecular flexibility index (Phi) is 14.9. The van der Waals surface area contributed by atoms with Crippen LogP contribution in [0.15, 0.2) is 0 Å². The maximum Gasteiger partial charge on any atom is 0.243 e. The van der Waals surface area contributed by atoms with E-state index in [2.05, 4.69) is 26.6 Å². The van der Waals surface area contributed by atoms with Gasteiger partial charge in [0, 0.05) is 6.54 Å². The maximum atomic E-state index is 12.8. The smallest absolute Gasteiger partial charge is 0.243 e. The number of nitrogens with one attached hydrogen (secondary N) is 5. The van der Waals surface area contributed by atoms with Crippen molar-refractivity contribution in [2.24, 2.45) is 23.3 Å². The number of carbonyl (C=O) groups is 7. The van der Waals surface area contributed by atoms with Crippen LogP contribution in [0.25, 0.3) is 0 Å². The second kappa shape index (κ2) is 17.2. The van der Waals surface area contributed by atoms with Crippen LogP contribution in [-0.4, -0.2) is 108 Å². The molecule has 0 spiro atoms. The van der Waals surface area contributed by atoms with Gasteiger partial charge in [-0.1, -0.05) is 27.7 Å². The number of amides is 7. The Hall–Kier alpha value is -3.79. The number of likely N-dealkylation sites (tertiary alicyclic amines) is 1. The molecule has 16 nitrogen and oxygen atoms in total. The van der Waals surface area contributed by atoms with E-state index in [1.54, 1.807) is 13.8 Å². The Morgan fingerprint density at radius 1 is 0.881 bits per heavy atom. The van der Waals surface area contributed by atoms with E-state index in [1.807, 2.05) is 13.8 Å².